The molecule has 1 unspecified atom stereocenters. The number of amides is 1. The number of hydrogen-bond acceptors (Lipinski definition) is 4. The van der Waals surface area contributed by atoms with E-state index >= 15 is 0 Å². The fourth-order valence-electron chi connectivity index (χ4n) is 2.62. The van der Waals surface area contributed by atoms with Gasteiger partial charge in [-0.3, -0.25) is 0 Å². The van der Waals surface area contributed by atoms with Crippen LogP contribution in [0.4, 0.5) is 0 Å². The molecule has 1 heterocycles. The van der Waals surface area contributed by atoms with E-state index in [1.807, 2.05) is 44.4 Å². The average Bonchev–Trinajstić information content (AvgIpc) is 2.61. The van der Waals surface area contributed by atoms with Gasteiger partial charge >= 0.3 is 166 Å². The summed E-state index contributed by atoms with van der Waals surface area (Å²) in [5.74, 6) is 1.10. The number of nitrogens with zero attached hydrogens (tertiary/aromatic N) is 2. The van der Waals surface area contributed by atoms with Crippen LogP contribution in [0.25, 0.3) is 0 Å². The van der Waals surface area contributed by atoms with Gasteiger partial charge in [0.25, 0.3) is 0 Å². The standard InChI is InChI=1S/C19H30IN3O2S/c1-16-12-18(15-21-14-16)19(24)22-26(11-7-10-23(2)3)20(25)13-17-8-5-4-6-9-17/h4-6,8-9,15-16,21,25H,7,10-14H2,1-3H3/t16?,26-/m0/s1. The van der Waals surface area contributed by atoms with Crippen LogP contribution in [0.1, 0.15) is 25.3 Å². The quantitative estimate of drug-likeness (QED) is 0.433. The van der Waals surface area contributed by atoms with Gasteiger partial charge in [-0.15, -0.1) is 0 Å². The number of alkyl halides is 1. The van der Waals surface area contributed by atoms with Gasteiger partial charge in [0, 0.05) is 0 Å². The fraction of sp³-hybridized carbons (Fsp3) is 0.526. The van der Waals surface area contributed by atoms with Crippen molar-refractivity contribution in [1.29, 1.82) is 0 Å². The average molecular weight is 491 g/mol. The summed E-state index contributed by atoms with van der Waals surface area (Å²) in [6.07, 6.45) is 3.52. The Labute approximate surface area is 165 Å². The van der Waals surface area contributed by atoms with E-state index in [0.717, 1.165) is 42.8 Å². The van der Waals surface area contributed by atoms with E-state index in [1.54, 1.807) is 6.20 Å². The van der Waals surface area contributed by atoms with Gasteiger partial charge in [-0.2, -0.15) is 0 Å². The predicted octanol–water partition coefficient (Wildman–Crippen LogP) is 3.31. The third-order valence-corrected chi connectivity index (χ3v) is 13.1. The second kappa shape index (κ2) is 11.2. The summed E-state index contributed by atoms with van der Waals surface area (Å²) in [5.41, 5.74) is 1.89. The number of halogens is 1. The summed E-state index contributed by atoms with van der Waals surface area (Å²) in [6.45, 7) is 3.98. The molecule has 2 rings (SSSR count). The maximum atomic E-state index is 12.6. The Morgan fingerprint density at radius 2 is 2.12 bits per heavy atom. The summed E-state index contributed by atoms with van der Waals surface area (Å²) in [6, 6.07) is 10.0. The van der Waals surface area contributed by atoms with Crippen molar-refractivity contribution in [3.8, 4) is 0 Å². The van der Waals surface area contributed by atoms with Crippen LogP contribution in [-0.2, 0) is 17.1 Å². The van der Waals surface area contributed by atoms with Crippen molar-refractivity contribution in [2.24, 2.45) is 10.3 Å². The first-order valence-electron chi connectivity index (χ1n) is 8.89. The normalized spacial score (nSPS) is 19.0. The van der Waals surface area contributed by atoms with Crippen molar-refractivity contribution in [2.75, 3.05) is 32.9 Å². The van der Waals surface area contributed by atoms with Crippen LogP contribution < -0.4 is 5.32 Å². The molecule has 0 aromatic heterocycles. The zero-order valence-electron chi connectivity index (χ0n) is 15.8. The van der Waals surface area contributed by atoms with Gasteiger partial charge in [0.15, 0.2) is 0 Å². The first-order valence-corrected chi connectivity index (χ1v) is 15.3. The van der Waals surface area contributed by atoms with Crippen LogP contribution in [-0.4, -0.2) is 47.2 Å². The number of benzene rings is 1. The van der Waals surface area contributed by atoms with Crippen LogP contribution in [0, 0.1) is 5.92 Å². The molecule has 26 heavy (non-hydrogen) atoms. The Bertz CT molecular complexity index is 649. The number of carbonyl (C=O) groups is 1. The third-order valence-electron chi connectivity index (χ3n) is 4.00. The second-order valence-corrected chi connectivity index (χ2v) is 16.0. The monoisotopic (exact) mass is 491 g/mol. The van der Waals surface area contributed by atoms with E-state index in [4.69, 9.17) is 0 Å². The molecule has 1 amide bonds. The molecule has 2 N–H and O–H groups in total. The summed E-state index contributed by atoms with van der Waals surface area (Å²) < 4.78 is 16.1. The fourth-order valence-corrected chi connectivity index (χ4v) is 10.6. The zero-order chi connectivity index (χ0) is 18.9. The molecular formula is C19H30IN3O2S. The van der Waals surface area contributed by atoms with Gasteiger partial charge in [-0.1, -0.05) is 0 Å². The van der Waals surface area contributed by atoms with E-state index in [0.29, 0.717) is 10.3 Å². The molecule has 0 bridgehead atoms. The van der Waals surface area contributed by atoms with E-state index in [-0.39, 0.29) is 5.91 Å². The topological polar surface area (TPSA) is 64.9 Å². The maximum absolute atomic E-state index is 12.6. The van der Waals surface area contributed by atoms with Crippen molar-refractivity contribution in [2.45, 2.75) is 24.2 Å². The van der Waals surface area contributed by atoms with Gasteiger partial charge in [0.05, 0.1) is 0 Å². The van der Waals surface area contributed by atoms with Gasteiger partial charge in [-0.05, 0) is 0 Å². The zero-order valence-corrected chi connectivity index (χ0v) is 18.8. The Morgan fingerprint density at radius 1 is 1.38 bits per heavy atom. The number of hydrogen-bond donors (Lipinski definition) is 2. The Kier molecular flexibility index (Phi) is 9.24. The SMILES string of the molecule is CC1CNC=C(C(=O)N=[S@@](CCCN(C)C)I(O)Cc2ccccc2)C1. The predicted molar refractivity (Wildman–Crippen MR) is 119 cm³/mol. The number of rotatable bonds is 8. The first-order chi connectivity index (χ1) is 12.5. The molecule has 0 spiro atoms. The molecule has 146 valence electrons. The van der Waals surface area contributed by atoms with Crippen molar-refractivity contribution in [1.82, 2.24) is 10.2 Å². The molecule has 0 aliphatic carbocycles. The van der Waals surface area contributed by atoms with Crippen LogP contribution >= 0.6 is 18.8 Å². The molecule has 0 saturated heterocycles. The van der Waals surface area contributed by atoms with Crippen molar-refractivity contribution >= 4 is 32.6 Å². The molecule has 0 fully saturated rings. The minimum atomic E-state index is -2.35. The molecule has 1 aliphatic heterocycles. The molecule has 1 aliphatic rings. The van der Waals surface area contributed by atoms with E-state index in [2.05, 4.69) is 21.5 Å². The van der Waals surface area contributed by atoms with Gasteiger partial charge in [0.1, 0.15) is 0 Å². The second-order valence-electron chi connectivity index (χ2n) is 6.87. The van der Waals surface area contributed by atoms with Crippen LogP contribution in [0.2, 0.25) is 0 Å². The molecule has 5 nitrogen and oxygen atoms in total. The van der Waals surface area contributed by atoms with Crippen molar-refractivity contribution in [3.05, 3.63) is 47.7 Å². The molecule has 0 saturated carbocycles. The summed E-state index contributed by atoms with van der Waals surface area (Å²) in [7, 11) is 3.55. The van der Waals surface area contributed by atoms with E-state index in [1.165, 1.54) is 0 Å². The van der Waals surface area contributed by atoms with E-state index in [9.17, 15) is 8.23 Å². The van der Waals surface area contributed by atoms with Crippen LogP contribution in [0.5, 0.6) is 0 Å². The molecule has 1 aromatic rings. The minimum absolute atomic E-state index is 0.137. The molecule has 2 atom stereocenters. The summed E-state index contributed by atoms with van der Waals surface area (Å²) >= 11 is -2.35. The molecule has 0 radical (unpaired) electrons. The summed E-state index contributed by atoms with van der Waals surface area (Å²) in [5, 5.41) is 3.17. The van der Waals surface area contributed by atoms with Crippen LogP contribution in [0.3, 0.4) is 0 Å². The Morgan fingerprint density at radius 3 is 2.77 bits per heavy atom. The van der Waals surface area contributed by atoms with Gasteiger partial charge in [-0.25, -0.2) is 0 Å². The third kappa shape index (κ3) is 7.46. The summed E-state index contributed by atoms with van der Waals surface area (Å²) in [4.78, 5) is 14.8. The molecule has 7 heteroatoms. The van der Waals surface area contributed by atoms with E-state index < -0.39 is 26.7 Å². The van der Waals surface area contributed by atoms with Crippen molar-refractivity contribution in [3.63, 3.8) is 0 Å². The Balaban J connectivity index is 2.10. The molecule has 1 aromatic carbocycles. The molecular weight excluding hydrogens is 461 g/mol. The number of nitrogens with one attached hydrogen (secondary N) is 1. The first kappa shape index (κ1) is 21.5. The van der Waals surface area contributed by atoms with Crippen molar-refractivity contribution < 1.29 is 8.23 Å². The van der Waals surface area contributed by atoms with Gasteiger partial charge in [0.2, 0.25) is 0 Å². The number of carbonyl (C=O) groups excluding carboxylic acids is 1. The van der Waals surface area contributed by atoms with Crippen LogP contribution in [0.15, 0.2) is 46.5 Å². The Hall–Kier alpha value is -0.770. The van der Waals surface area contributed by atoms with Gasteiger partial charge < -0.3 is 0 Å².